The molecule has 1 unspecified atom stereocenters. The smallest absolute Gasteiger partial charge is 0.267 e. The molecule has 3 aromatic heterocycles. The van der Waals surface area contributed by atoms with Crippen molar-refractivity contribution in [3.63, 3.8) is 0 Å². The summed E-state index contributed by atoms with van der Waals surface area (Å²) in [7, 11) is 0. The molecule has 0 saturated heterocycles. The van der Waals surface area contributed by atoms with Crippen molar-refractivity contribution in [1.29, 1.82) is 0 Å². The lowest BCUT2D eigenvalue weighted by Gasteiger charge is -2.13. The van der Waals surface area contributed by atoms with Gasteiger partial charge in [-0.15, -0.1) is 0 Å². The molecule has 0 fully saturated rings. The Morgan fingerprint density at radius 2 is 1.97 bits per heavy atom. The lowest BCUT2D eigenvalue weighted by molar-refractivity contribution is 0.0936. The van der Waals surface area contributed by atoms with E-state index in [1.54, 1.807) is 12.4 Å². The second-order valence-electron chi connectivity index (χ2n) is 8.76. The highest BCUT2D eigenvalue weighted by Crippen LogP contribution is 2.25. The first-order valence-electron chi connectivity index (χ1n) is 11.6. The van der Waals surface area contributed by atoms with Crippen molar-refractivity contribution in [2.75, 3.05) is 5.32 Å². The predicted molar refractivity (Wildman–Crippen MR) is 140 cm³/mol. The maximum atomic E-state index is 12.7. The number of anilines is 2. The van der Waals surface area contributed by atoms with Gasteiger partial charge in [0, 0.05) is 39.8 Å². The number of H-pyrrole nitrogens is 2. The number of allylic oxidation sites excluding steroid dienone is 1. The summed E-state index contributed by atoms with van der Waals surface area (Å²) < 4.78 is 0. The van der Waals surface area contributed by atoms with Crippen LogP contribution in [0.25, 0.3) is 33.2 Å². The van der Waals surface area contributed by atoms with E-state index in [0.29, 0.717) is 17.3 Å². The highest BCUT2D eigenvalue weighted by Gasteiger charge is 2.14. The summed E-state index contributed by atoms with van der Waals surface area (Å²) in [5.74, 6) is 1.17. The maximum absolute atomic E-state index is 12.7. The molecule has 4 N–H and O–H groups in total. The maximum Gasteiger partial charge on any atom is 0.267 e. The molecule has 35 heavy (non-hydrogen) atoms. The van der Waals surface area contributed by atoms with Crippen LogP contribution in [0.4, 0.5) is 11.5 Å². The molecule has 1 amide bonds. The standard InChI is InChI=1S/C27H27N7O/c1-4-16(2)11-17(3)30-27(35)24-13-18-5-6-19(14-23(18)32-24)26-28-10-9-25(33-26)31-21-7-8-22-20(12-21)15-29-34-22/h4-10,12-15,17,32H,11H2,1-3H3,(H,29,34)(H,30,35)(H,28,31,33)/b16-4+. The number of fused-ring (bicyclic) bond motifs is 2. The van der Waals surface area contributed by atoms with Gasteiger partial charge in [0.1, 0.15) is 11.5 Å². The number of carbonyl (C=O) groups excluding carboxylic acids is 1. The molecule has 0 bridgehead atoms. The number of benzene rings is 2. The van der Waals surface area contributed by atoms with Crippen LogP contribution >= 0.6 is 0 Å². The van der Waals surface area contributed by atoms with Crippen molar-refractivity contribution in [1.82, 2.24) is 30.5 Å². The zero-order valence-corrected chi connectivity index (χ0v) is 19.9. The van der Waals surface area contributed by atoms with Crippen LogP contribution in [0, 0.1) is 0 Å². The van der Waals surface area contributed by atoms with Crippen LogP contribution in [0.2, 0.25) is 0 Å². The van der Waals surface area contributed by atoms with Crippen LogP contribution in [-0.4, -0.2) is 37.1 Å². The van der Waals surface area contributed by atoms with Crippen molar-refractivity contribution in [3.8, 4) is 11.4 Å². The number of rotatable bonds is 7. The molecule has 8 nitrogen and oxygen atoms in total. The molecule has 0 aliphatic carbocycles. The zero-order chi connectivity index (χ0) is 24.4. The second-order valence-corrected chi connectivity index (χ2v) is 8.76. The van der Waals surface area contributed by atoms with Gasteiger partial charge in [-0.25, -0.2) is 9.97 Å². The summed E-state index contributed by atoms with van der Waals surface area (Å²) in [6.07, 6.45) is 6.41. The van der Waals surface area contributed by atoms with E-state index in [1.807, 2.05) is 62.4 Å². The first-order valence-corrected chi connectivity index (χ1v) is 11.6. The second kappa shape index (κ2) is 9.42. The SMILES string of the molecule is C/C=C(\C)CC(C)NC(=O)c1cc2ccc(-c3nccc(Nc4ccc5[nH]ncc5c4)n3)cc2[nH]1. The number of nitrogens with one attached hydrogen (secondary N) is 4. The van der Waals surface area contributed by atoms with E-state index in [2.05, 4.69) is 48.8 Å². The fourth-order valence-corrected chi connectivity index (χ4v) is 4.08. The Bertz CT molecular complexity index is 1550. The van der Waals surface area contributed by atoms with Crippen molar-refractivity contribution in [2.24, 2.45) is 0 Å². The van der Waals surface area contributed by atoms with Crippen LogP contribution in [0.3, 0.4) is 0 Å². The summed E-state index contributed by atoms with van der Waals surface area (Å²) >= 11 is 0. The van der Waals surface area contributed by atoms with E-state index in [9.17, 15) is 4.79 Å². The molecule has 2 aromatic carbocycles. The van der Waals surface area contributed by atoms with E-state index in [-0.39, 0.29) is 11.9 Å². The number of hydrogen-bond donors (Lipinski definition) is 4. The Morgan fingerprint density at radius 1 is 1.09 bits per heavy atom. The van der Waals surface area contributed by atoms with Crippen molar-refractivity contribution < 1.29 is 4.79 Å². The molecule has 8 heteroatoms. The average Bonchev–Trinajstić information content (AvgIpc) is 3.50. The van der Waals surface area contributed by atoms with Crippen LogP contribution in [-0.2, 0) is 0 Å². The third kappa shape index (κ3) is 4.91. The van der Waals surface area contributed by atoms with Crippen LogP contribution in [0.5, 0.6) is 0 Å². The van der Waals surface area contributed by atoms with Gasteiger partial charge in [0.05, 0.1) is 11.7 Å². The van der Waals surface area contributed by atoms with Crippen LogP contribution < -0.4 is 10.6 Å². The van der Waals surface area contributed by atoms with Crippen molar-refractivity contribution in [3.05, 3.63) is 78.3 Å². The lowest BCUT2D eigenvalue weighted by atomic mass is 10.1. The summed E-state index contributed by atoms with van der Waals surface area (Å²) in [5.41, 5.74) is 5.40. The molecule has 176 valence electrons. The lowest BCUT2D eigenvalue weighted by Crippen LogP contribution is -2.32. The minimum Gasteiger partial charge on any atom is -0.351 e. The topological polar surface area (TPSA) is 111 Å². The van der Waals surface area contributed by atoms with Gasteiger partial charge in [-0.3, -0.25) is 9.89 Å². The minimum atomic E-state index is -0.115. The molecule has 5 aromatic rings. The quantitative estimate of drug-likeness (QED) is 0.230. The Hall–Kier alpha value is -4.46. The van der Waals surface area contributed by atoms with Gasteiger partial charge >= 0.3 is 0 Å². The fourth-order valence-electron chi connectivity index (χ4n) is 4.08. The molecule has 5 rings (SSSR count). The number of hydrogen-bond acceptors (Lipinski definition) is 5. The Balaban J connectivity index is 1.35. The van der Waals surface area contributed by atoms with E-state index in [4.69, 9.17) is 0 Å². The molecule has 0 aliphatic heterocycles. The van der Waals surface area contributed by atoms with Crippen molar-refractivity contribution >= 4 is 39.2 Å². The van der Waals surface area contributed by atoms with E-state index < -0.39 is 0 Å². The molecule has 0 spiro atoms. The van der Waals surface area contributed by atoms with Gasteiger partial charge in [0.25, 0.3) is 5.91 Å². The molecular formula is C27H27N7O. The zero-order valence-electron chi connectivity index (χ0n) is 19.9. The summed E-state index contributed by atoms with van der Waals surface area (Å²) in [6.45, 7) is 6.09. The van der Waals surface area contributed by atoms with Gasteiger partial charge in [-0.1, -0.05) is 23.8 Å². The predicted octanol–water partition coefficient (Wildman–Crippen LogP) is 5.72. The van der Waals surface area contributed by atoms with Gasteiger partial charge < -0.3 is 15.6 Å². The molecular weight excluding hydrogens is 438 g/mol. The Kier molecular flexibility index (Phi) is 6.01. The largest absolute Gasteiger partial charge is 0.351 e. The monoisotopic (exact) mass is 465 g/mol. The summed E-state index contributed by atoms with van der Waals surface area (Å²) in [6, 6.07) is 15.6. The molecule has 1 atom stereocenters. The van der Waals surface area contributed by atoms with Gasteiger partial charge in [0.2, 0.25) is 0 Å². The third-order valence-electron chi connectivity index (χ3n) is 5.99. The molecule has 3 heterocycles. The normalized spacial score (nSPS) is 12.7. The fraction of sp³-hybridized carbons (Fsp3) is 0.185. The average molecular weight is 466 g/mol. The number of carbonyl (C=O) groups is 1. The number of nitrogens with zero attached hydrogens (tertiary/aromatic N) is 3. The van der Waals surface area contributed by atoms with Crippen molar-refractivity contribution in [2.45, 2.75) is 33.2 Å². The third-order valence-corrected chi connectivity index (χ3v) is 5.99. The van der Waals surface area contributed by atoms with Crippen LogP contribution in [0.15, 0.2) is 72.6 Å². The summed E-state index contributed by atoms with van der Waals surface area (Å²) in [5, 5.41) is 15.4. The van der Waals surface area contributed by atoms with E-state index in [1.165, 1.54) is 5.57 Å². The highest BCUT2D eigenvalue weighted by molar-refractivity contribution is 5.98. The first-order chi connectivity index (χ1) is 17.0. The minimum absolute atomic E-state index is 0.0542. The van der Waals surface area contributed by atoms with Gasteiger partial charge in [0.15, 0.2) is 5.82 Å². The van der Waals surface area contributed by atoms with Gasteiger partial charge in [-0.2, -0.15) is 5.10 Å². The molecule has 0 radical (unpaired) electrons. The molecule has 0 aliphatic rings. The highest BCUT2D eigenvalue weighted by atomic mass is 16.1. The summed E-state index contributed by atoms with van der Waals surface area (Å²) in [4.78, 5) is 25.1. The first kappa shape index (κ1) is 22.3. The van der Waals surface area contributed by atoms with Crippen LogP contribution in [0.1, 0.15) is 37.7 Å². The number of aromatic nitrogens is 5. The molecule has 0 saturated carbocycles. The number of amides is 1. The van der Waals surface area contributed by atoms with E-state index >= 15 is 0 Å². The Morgan fingerprint density at radius 3 is 2.83 bits per heavy atom. The number of aromatic amines is 2. The van der Waals surface area contributed by atoms with E-state index in [0.717, 1.165) is 39.5 Å². The Labute approximate surface area is 202 Å². The van der Waals surface area contributed by atoms with Gasteiger partial charge in [-0.05, 0) is 63.6 Å².